The Bertz CT molecular complexity index is 967. The number of rotatable bonds is 6. The molecule has 31 heavy (non-hydrogen) atoms. The maximum absolute atomic E-state index is 12.3. The third-order valence-electron chi connectivity index (χ3n) is 5.48. The Hall–Kier alpha value is -3.51. The number of hydrogen-bond acceptors (Lipinski definition) is 4. The molecule has 4 rings (SSSR count). The van der Waals surface area contributed by atoms with E-state index in [1.54, 1.807) is 0 Å². The first-order valence-corrected chi connectivity index (χ1v) is 10.6. The monoisotopic (exact) mass is 416 g/mol. The summed E-state index contributed by atoms with van der Waals surface area (Å²) in [6.45, 7) is 2.09. The maximum atomic E-state index is 12.3. The van der Waals surface area contributed by atoms with Crippen LogP contribution in [-0.2, 0) is 0 Å². The number of nitrogens with one attached hydrogen (secondary N) is 3. The molecule has 3 aromatic rings. The molecule has 0 aromatic heterocycles. The molecule has 6 nitrogen and oxygen atoms in total. The van der Waals surface area contributed by atoms with Crippen LogP contribution in [-0.4, -0.2) is 32.2 Å². The largest absolute Gasteiger partial charge is 0.457 e. The second kappa shape index (κ2) is 10.00. The number of anilines is 3. The molecule has 0 bridgehead atoms. The van der Waals surface area contributed by atoms with Gasteiger partial charge in [0.25, 0.3) is 0 Å². The number of para-hydroxylation sites is 1. The van der Waals surface area contributed by atoms with Crippen molar-refractivity contribution in [3.63, 3.8) is 0 Å². The van der Waals surface area contributed by atoms with Crippen LogP contribution in [0.25, 0.3) is 0 Å². The number of piperidine rings is 1. The van der Waals surface area contributed by atoms with E-state index in [0.717, 1.165) is 37.4 Å². The fourth-order valence-corrected chi connectivity index (χ4v) is 3.71. The van der Waals surface area contributed by atoms with E-state index >= 15 is 0 Å². The molecule has 3 N–H and O–H groups in total. The Balaban J connectivity index is 1.27. The normalized spacial score (nSPS) is 14.2. The summed E-state index contributed by atoms with van der Waals surface area (Å²) < 4.78 is 5.77. The zero-order chi connectivity index (χ0) is 21.5. The summed E-state index contributed by atoms with van der Waals surface area (Å²) >= 11 is 0. The predicted octanol–water partition coefficient (Wildman–Crippen LogP) is 5.31. The van der Waals surface area contributed by atoms with Crippen molar-refractivity contribution >= 4 is 23.1 Å². The van der Waals surface area contributed by atoms with E-state index in [2.05, 4.69) is 33.0 Å². The number of hydrogen-bond donors (Lipinski definition) is 3. The highest BCUT2D eigenvalue weighted by Gasteiger charge is 2.17. The average Bonchev–Trinajstić information content (AvgIpc) is 2.82. The van der Waals surface area contributed by atoms with E-state index in [0.29, 0.717) is 17.5 Å². The molecule has 0 radical (unpaired) electrons. The summed E-state index contributed by atoms with van der Waals surface area (Å²) in [4.78, 5) is 14.7. The molecule has 0 aliphatic carbocycles. The van der Waals surface area contributed by atoms with Crippen molar-refractivity contribution in [2.24, 2.45) is 0 Å². The molecule has 1 saturated heterocycles. The minimum atomic E-state index is -0.278. The number of carbonyl (C=O) groups excluding carboxylic acids is 1. The molecule has 1 heterocycles. The number of urea groups is 1. The van der Waals surface area contributed by atoms with Crippen molar-refractivity contribution in [1.82, 2.24) is 5.32 Å². The van der Waals surface area contributed by atoms with Gasteiger partial charge in [-0.15, -0.1) is 0 Å². The Labute approximate surface area is 183 Å². The van der Waals surface area contributed by atoms with Crippen molar-refractivity contribution < 1.29 is 9.53 Å². The van der Waals surface area contributed by atoms with Gasteiger partial charge >= 0.3 is 6.03 Å². The smallest absolute Gasteiger partial charge is 0.323 e. The van der Waals surface area contributed by atoms with Gasteiger partial charge in [-0.3, -0.25) is 0 Å². The third-order valence-corrected chi connectivity index (χ3v) is 5.48. The van der Waals surface area contributed by atoms with Crippen LogP contribution in [0.4, 0.5) is 21.9 Å². The number of amides is 2. The van der Waals surface area contributed by atoms with Crippen LogP contribution in [0.2, 0.25) is 0 Å². The van der Waals surface area contributed by atoms with Gasteiger partial charge in [-0.1, -0.05) is 18.2 Å². The molecule has 2 amide bonds. The number of carbonyl (C=O) groups is 1. The Morgan fingerprint density at radius 3 is 1.94 bits per heavy atom. The predicted molar refractivity (Wildman–Crippen MR) is 126 cm³/mol. The van der Waals surface area contributed by atoms with Crippen LogP contribution >= 0.6 is 0 Å². The van der Waals surface area contributed by atoms with Crippen LogP contribution < -0.4 is 25.6 Å². The topological polar surface area (TPSA) is 65.6 Å². The van der Waals surface area contributed by atoms with Crippen molar-refractivity contribution in [2.75, 3.05) is 35.7 Å². The van der Waals surface area contributed by atoms with Gasteiger partial charge < -0.3 is 25.6 Å². The first-order valence-electron chi connectivity index (χ1n) is 10.6. The molecular weight excluding hydrogens is 388 g/mol. The Kier molecular flexibility index (Phi) is 6.69. The summed E-state index contributed by atoms with van der Waals surface area (Å²) in [7, 11) is 2.03. The lowest BCUT2D eigenvalue weighted by Crippen LogP contribution is -2.41. The lowest BCUT2D eigenvalue weighted by Gasteiger charge is -2.33. The summed E-state index contributed by atoms with van der Waals surface area (Å²) in [5.41, 5.74) is 2.65. The van der Waals surface area contributed by atoms with Crippen molar-refractivity contribution in [3.05, 3.63) is 78.9 Å². The standard InChI is InChI=1S/C25H28N4O2/c1-26-19-15-17-29(18-16-19)22-11-7-20(8-12-22)27-25(30)28-21-9-13-24(14-10-21)31-23-5-3-2-4-6-23/h2-14,19,26H,15-18H2,1H3,(H2,27,28,30). The average molecular weight is 417 g/mol. The van der Waals surface area contributed by atoms with E-state index in [1.807, 2.05) is 73.8 Å². The molecule has 0 saturated carbocycles. The fourth-order valence-electron chi connectivity index (χ4n) is 3.71. The van der Waals surface area contributed by atoms with Gasteiger partial charge in [0.2, 0.25) is 0 Å². The molecule has 0 atom stereocenters. The quantitative estimate of drug-likeness (QED) is 0.509. The van der Waals surface area contributed by atoms with Crippen molar-refractivity contribution in [2.45, 2.75) is 18.9 Å². The lowest BCUT2D eigenvalue weighted by atomic mass is 10.0. The van der Waals surface area contributed by atoms with Crippen LogP contribution in [0, 0.1) is 0 Å². The van der Waals surface area contributed by atoms with E-state index in [1.165, 1.54) is 5.69 Å². The molecule has 6 heteroatoms. The molecule has 160 valence electrons. The number of ether oxygens (including phenoxy) is 1. The summed E-state index contributed by atoms with van der Waals surface area (Å²) in [5, 5.41) is 9.08. The highest BCUT2D eigenvalue weighted by molar-refractivity contribution is 5.99. The van der Waals surface area contributed by atoms with E-state index in [9.17, 15) is 4.79 Å². The third kappa shape index (κ3) is 5.77. The minimum absolute atomic E-state index is 0.278. The molecule has 0 unspecified atom stereocenters. The Morgan fingerprint density at radius 2 is 1.35 bits per heavy atom. The van der Waals surface area contributed by atoms with Crippen LogP contribution in [0.1, 0.15) is 12.8 Å². The van der Waals surface area contributed by atoms with Crippen LogP contribution in [0.3, 0.4) is 0 Å². The zero-order valence-electron chi connectivity index (χ0n) is 17.7. The summed E-state index contributed by atoms with van der Waals surface area (Å²) in [6, 6.07) is 25.2. The molecule has 0 spiro atoms. The van der Waals surface area contributed by atoms with Crippen molar-refractivity contribution in [1.29, 1.82) is 0 Å². The van der Waals surface area contributed by atoms with Gasteiger partial charge in [0.05, 0.1) is 0 Å². The fraction of sp³-hybridized carbons (Fsp3) is 0.240. The zero-order valence-corrected chi connectivity index (χ0v) is 17.7. The van der Waals surface area contributed by atoms with E-state index < -0.39 is 0 Å². The lowest BCUT2D eigenvalue weighted by molar-refractivity contribution is 0.262. The van der Waals surface area contributed by atoms with E-state index in [4.69, 9.17) is 4.74 Å². The van der Waals surface area contributed by atoms with E-state index in [-0.39, 0.29) is 6.03 Å². The van der Waals surface area contributed by atoms with Gasteiger partial charge in [0.1, 0.15) is 11.5 Å². The summed E-state index contributed by atoms with van der Waals surface area (Å²) in [5.74, 6) is 1.49. The number of nitrogens with zero attached hydrogens (tertiary/aromatic N) is 1. The maximum Gasteiger partial charge on any atom is 0.323 e. The van der Waals surface area contributed by atoms with Crippen LogP contribution in [0.15, 0.2) is 78.9 Å². The van der Waals surface area contributed by atoms with Gasteiger partial charge in [0.15, 0.2) is 0 Å². The van der Waals surface area contributed by atoms with Crippen molar-refractivity contribution in [3.8, 4) is 11.5 Å². The minimum Gasteiger partial charge on any atom is -0.457 e. The van der Waals surface area contributed by atoms with Gasteiger partial charge in [-0.05, 0) is 80.6 Å². The SMILES string of the molecule is CNC1CCN(c2ccc(NC(=O)Nc3ccc(Oc4ccccc4)cc3)cc2)CC1. The molecule has 3 aromatic carbocycles. The first kappa shape index (κ1) is 20.8. The van der Waals surface area contributed by atoms with Gasteiger partial charge in [0, 0.05) is 36.2 Å². The second-order valence-electron chi connectivity index (χ2n) is 7.62. The molecular formula is C25H28N4O2. The van der Waals surface area contributed by atoms with Crippen LogP contribution in [0.5, 0.6) is 11.5 Å². The molecule has 1 aliphatic heterocycles. The molecule has 1 aliphatic rings. The first-order chi connectivity index (χ1) is 15.2. The molecule has 1 fully saturated rings. The Morgan fingerprint density at radius 1 is 0.806 bits per heavy atom. The van der Waals surface area contributed by atoms with Gasteiger partial charge in [-0.25, -0.2) is 4.79 Å². The highest BCUT2D eigenvalue weighted by Crippen LogP contribution is 2.24. The summed E-state index contributed by atoms with van der Waals surface area (Å²) in [6.07, 6.45) is 2.29. The number of benzene rings is 3. The van der Waals surface area contributed by atoms with Gasteiger partial charge in [-0.2, -0.15) is 0 Å². The second-order valence-corrected chi connectivity index (χ2v) is 7.62. The highest BCUT2D eigenvalue weighted by atomic mass is 16.5.